The van der Waals surface area contributed by atoms with Crippen molar-refractivity contribution >= 4 is 166 Å². The van der Waals surface area contributed by atoms with E-state index >= 15 is 0 Å². The van der Waals surface area contributed by atoms with Crippen molar-refractivity contribution in [3.05, 3.63) is 520 Å². The van der Waals surface area contributed by atoms with Crippen molar-refractivity contribution in [2.75, 3.05) is 28.2 Å². The molecule has 142 heavy (non-hydrogen) atoms. The molecular formula is C134H118N8+8. The highest BCUT2D eigenvalue weighted by atomic mass is 15.4. The van der Waals surface area contributed by atoms with E-state index in [1.165, 1.54) is 222 Å². The van der Waals surface area contributed by atoms with E-state index in [4.69, 9.17) is 0 Å². The Kier molecular flexibility index (Phi) is 24.8. The van der Waals surface area contributed by atoms with Gasteiger partial charge in [-0.25, -0.2) is 17.9 Å². The second-order valence-electron chi connectivity index (χ2n) is 38.2. The molecule has 0 fully saturated rings. The maximum Gasteiger partial charge on any atom is 0.275 e. The molecule has 4 heterocycles. The molecule has 8 heteroatoms. The van der Waals surface area contributed by atoms with E-state index < -0.39 is 0 Å². The van der Waals surface area contributed by atoms with Gasteiger partial charge in [0.05, 0.1) is 60.5 Å². The van der Waals surface area contributed by atoms with E-state index in [0.29, 0.717) is 17.9 Å². The first-order chi connectivity index (χ1) is 69.3. The molecular weight excluding hydrogens is 1720 g/mol. The zero-order chi connectivity index (χ0) is 97.4. The van der Waals surface area contributed by atoms with Crippen LogP contribution in [0.2, 0.25) is 0 Å². The van der Waals surface area contributed by atoms with Crippen LogP contribution in [0.1, 0.15) is 22.3 Å². The van der Waals surface area contributed by atoms with E-state index in [1.54, 1.807) is 0 Å². The van der Waals surface area contributed by atoms with Crippen LogP contribution in [-0.2, 0) is 28.2 Å². The zero-order valence-electron chi connectivity index (χ0n) is 82.9. The van der Waals surface area contributed by atoms with Crippen LogP contribution in [0.15, 0.2) is 497 Å². The van der Waals surface area contributed by atoms with Gasteiger partial charge < -0.3 is 0 Å². The smallest absolute Gasteiger partial charge is 0.223 e. The summed E-state index contributed by atoms with van der Waals surface area (Å²) in [5, 5.41) is 16.5. The van der Waals surface area contributed by atoms with Crippen LogP contribution in [0, 0.1) is 27.7 Å². The van der Waals surface area contributed by atoms with Crippen molar-refractivity contribution in [3.8, 4) is 33.8 Å². The molecule has 0 saturated heterocycles. The van der Waals surface area contributed by atoms with Crippen molar-refractivity contribution in [1.29, 1.82) is 0 Å². The number of fused-ring (bicyclic) bond motifs is 12. The fourth-order valence-corrected chi connectivity index (χ4v) is 22.5. The summed E-state index contributed by atoms with van der Waals surface area (Å²) in [6.07, 6.45) is 0. The summed E-state index contributed by atoms with van der Waals surface area (Å²) in [6.45, 7) is 8.82. The molecule has 0 aliphatic heterocycles. The van der Waals surface area contributed by atoms with Gasteiger partial charge in [0.25, 0.3) is 22.1 Å². The molecule has 0 aliphatic carbocycles. The highest BCUT2D eigenvalue weighted by Gasteiger charge is 2.43. The highest BCUT2D eigenvalue weighted by Crippen LogP contribution is 2.52. The lowest BCUT2D eigenvalue weighted by Crippen LogP contribution is -2.39. The lowest BCUT2D eigenvalue weighted by molar-refractivity contribution is -0.633. The Morgan fingerprint density at radius 1 is 0.162 bits per heavy atom. The van der Waals surface area contributed by atoms with Crippen LogP contribution in [0.5, 0.6) is 0 Å². The number of hydrogen-bond acceptors (Lipinski definition) is 0. The number of pyridine rings is 4. The average Bonchev–Trinajstić information content (AvgIpc) is 0.723. The van der Waals surface area contributed by atoms with Crippen molar-refractivity contribution in [2.24, 2.45) is 28.2 Å². The molecule has 24 rings (SSSR count). The molecule has 0 spiro atoms. The number of aromatic nitrogens is 4. The molecule has 0 amide bonds. The number of benzene rings is 20. The van der Waals surface area contributed by atoms with Gasteiger partial charge in [0.2, 0.25) is 45.3 Å². The quantitative estimate of drug-likeness (QED) is 0.0421. The number of para-hydroxylation sites is 11. The Labute approximate surface area is 833 Å². The minimum absolute atomic E-state index is 0.564. The summed E-state index contributed by atoms with van der Waals surface area (Å²) in [4.78, 5) is 0. The SMILES string of the molecule is Cc1cc2ccccc2cc1-c1ccc2cccc([N+](C)(c3ccccc3)c3ccccc3)c2[n+]1C.Cc1cccc2ccc3cc4cccc([N+](C)(c5ccccc5)c5ccccc5)c4[n+](C)c3c12.Cc1ccccc1-c1c2ccccc2c2cccc([N+](C)(c3ccccc3)c3ccccc3)c2[n+]1C.Cc1ccccc1-c1ccc2c3ccccc3cc([N+](C)(c3ccccc3)c3ccccc3)c2[n+]1C. The van der Waals surface area contributed by atoms with Crippen LogP contribution >= 0.6 is 0 Å². The van der Waals surface area contributed by atoms with Gasteiger partial charge in [-0.05, 0) is 241 Å². The first-order valence-corrected chi connectivity index (χ1v) is 49.2. The third kappa shape index (κ3) is 16.2. The van der Waals surface area contributed by atoms with E-state index in [9.17, 15) is 0 Å². The predicted octanol–water partition coefficient (Wildman–Crippen LogP) is 33.1. The molecule has 0 saturated carbocycles. The molecule has 686 valence electrons. The van der Waals surface area contributed by atoms with Crippen molar-refractivity contribution in [3.63, 3.8) is 0 Å². The zero-order valence-corrected chi connectivity index (χ0v) is 82.9. The number of quaternary nitrogens is 4. The van der Waals surface area contributed by atoms with Gasteiger partial charge in [-0.2, -0.15) is 18.3 Å². The number of aryl methyl sites for hydroxylation is 8. The van der Waals surface area contributed by atoms with E-state index in [-0.39, 0.29) is 0 Å². The van der Waals surface area contributed by atoms with Crippen molar-refractivity contribution in [1.82, 2.24) is 17.9 Å². The van der Waals surface area contributed by atoms with Crippen LogP contribution in [0.3, 0.4) is 0 Å². The predicted molar refractivity (Wildman–Crippen MR) is 603 cm³/mol. The summed E-state index contributed by atoms with van der Waals surface area (Å²) in [5.74, 6) is 0. The maximum atomic E-state index is 2.41. The monoisotopic (exact) mass is 1840 g/mol. The van der Waals surface area contributed by atoms with E-state index in [1.807, 2.05) is 0 Å². The van der Waals surface area contributed by atoms with Gasteiger partial charge in [0, 0.05) is 63.9 Å². The number of rotatable bonds is 15. The summed E-state index contributed by atoms with van der Waals surface area (Å²) >= 11 is 0. The standard InChI is InChI=1S/3C34H30N2.C32H28N2/c1-25-14-10-12-20-29(25)32-23-22-31-30-21-13-11-15-26(30)24-33(34(31)35(32)2)36(3,27-16-6-4-7-17-27)28-18-8-5-9-19-28;1-25-15-10-11-20-28(25)33-30-22-13-12-21-29(30)31-23-14-24-32(34(31)35(33)2)36(3,26-16-6-4-7-17-26)27-18-8-5-9-19-27;1-25-23-27-13-10-11-14-28(27)24-31(25)32-22-21-26-15-12-20-33(34(26)35(32)2)36(3,29-16-6-4-7-17-29)30-18-8-5-9-19-30;1-23-12-10-13-24-20-21-26-22-25-14-11-19-29(31(25)33(2)32(26)30(23)24)34(3,27-15-6-4-7-16-27)28-17-8-5-9-18-28/h3*4-24H,1-3H3;4-22H,1-3H3/q4*+2. The number of hydrogen-bond donors (Lipinski definition) is 0. The van der Waals surface area contributed by atoms with Gasteiger partial charge in [0.1, 0.15) is 73.7 Å². The molecule has 0 aliphatic rings. The number of nitrogens with zero attached hydrogens (tertiary/aromatic N) is 8. The largest absolute Gasteiger partial charge is 0.275 e. The molecule has 0 bridgehead atoms. The third-order valence-electron chi connectivity index (χ3n) is 30.1. The molecule has 20 aromatic carbocycles. The van der Waals surface area contributed by atoms with Gasteiger partial charge in [-0.1, -0.05) is 297 Å². The lowest BCUT2D eigenvalue weighted by atomic mass is 9.96. The Bertz CT molecular complexity index is 8690. The topological polar surface area (TPSA) is 15.5 Å². The van der Waals surface area contributed by atoms with Crippen LogP contribution in [0.25, 0.3) is 131 Å². The molecule has 0 unspecified atom stereocenters. The first-order valence-electron chi connectivity index (χ1n) is 49.2. The highest BCUT2D eigenvalue weighted by molar-refractivity contribution is 6.14. The Morgan fingerprint density at radius 2 is 0.472 bits per heavy atom. The minimum Gasteiger partial charge on any atom is -0.223 e. The Balaban J connectivity index is 0.000000112. The van der Waals surface area contributed by atoms with Crippen LogP contribution in [0.4, 0.5) is 68.2 Å². The molecule has 0 N–H and O–H groups in total. The molecule has 0 radical (unpaired) electrons. The Morgan fingerprint density at radius 3 is 0.965 bits per heavy atom. The third-order valence-corrected chi connectivity index (χ3v) is 30.1. The first kappa shape index (κ1) is 91.6. The van der Waals surface area contributed by atoms with E-state index in [2.05, 4.69) is 600 Å². The normalized spacial score (nSPS) is 11.8. The Hall–Kier alpha value is -16.8. The summed E-state index contributed by atoms with van der Waals surface area (Å²) in [7, 11) is 18.1. The molecule has 8 nitrogen and oxygen atoms in total. The minimum atomic E-state index is 0.564. The molecule has 4 aromatic heterocycles. The second-order valence-corrected chi connectivity index (χ2v) is 38.2. The van der Waals surface area contributed by atoms with Crippen molar-refractivity contribution in [2.45, 2.75) is 27.7 Å². The van der Waals surface area contributed by atoms with Gasteiger partial charge in [-0.15, -0.1) is 0 Å². The lowest BCUT2D eigenvalue weighted by Gasteiger charge is -2.33. The van der Waals surface area contributed by atoms with E-state index in [0.717, 1.165) is 0 Å². The van der Waals surface area contributed by atoms with Crippen LogP contribution in [-0.4, -0.2) is 28.2 Å². The fraction of sp³-hybridized carbons (Fsp3) is 0.0896. The summed E-state index contributed by atoms with van der Waals surface area (Å²) < 4.78 is 11.9. The summed E-state index contributed by atoms with van der Waals surface area (Å²) in [6, 6.07) is 180. The van der Waals surface area contributed by atoms with Gasteiger partial charge in [-0.3, -0.25) is 0 Å². The van der Waals surface area contributed by atoms with Crippen molar-refractivity contribution < 1.29 is 18.3 Å². The summed E-state index contributed by atoms with van der Waals surface area (Å²) in [5.41, 5.74) is 33.6. The molecule has 0 atom stereocenters. The van der Waals surface area contributed by atoms with Crippen LogP contribution < -0.4 is 36.2 Å². The second kappa shape index (κ2) is 38.5. The molecule has 24 aromatic rings. The fourth-order valence-electron chi connectivity index (χ4n) is 22.5. The van der Waals surface area contributed by atoms with Gasteiger partial charge >= 0.3 is 0 Å². The average molecular weight is 1840 g/mol. The van der Waals surface area contributed by atoms with Gasteiger partial charge in [0.15, 0.2) is 0 Å². The maximum absolute atomic E-state index is 2.41.